The minimum Gasteiger partial charge on any atom is -0.378 e. The summed E-state index contributed by atoms with van der Waals surface area (Å²) >= 11 is 1.41. The number of hydrogen-bond donors (Lipinski definition) is 1. The highest BCUT2D eigenvalue weighted by Crippen LogP contribution is 2.25. The molecule has 0 unspecified atom stereocenters. The first-order valence-corrected chi connectivity index (χ1v) is 12.1. The second kappa shape index (κ2) is 11.5. The number of hydrogen-bond acceptors (Lipinski definition) is 7. The van der Waals surface area contributed by atoms with Crippen LogP contribution in [0.1, 0.15) is 44.5 Å². The normalized spacial score (nSPS) is 14.2. The number of ketones is 1. The van der Waals surface area contributed by atoms with Crippen molar-refractivity contribution in [2.24, 2.45) is 11.8 Å². The predicted octanol–water partition coefficient (Wildman–Crippen LogP) is 3.73. The quantitative estimate of drug-likeness (QED) is 0.428. The van der Waals surface area contributed by atoms with E-state index >= 15 is 0 Å². The van der Waals surface area contributed by atoms with E-state index in [4.69, 9.17) is 4.74 Å². The number of aromatic nitrogens is 3. The molecule has 1 aliphatic rings. The molecule has 32 heavy (non-hydrogen) atoms. The first kappa shape index (κ1) is 24.3. The molecule has 174 valence electrons. The van der Waals surface area contributed by atoms with Gasteiger partial charge in [0.25, 0.3) is 0 Å². The maximum atomic E-state index is 12.7. The van der Waals surface area contributed by atoms with Gasteiger partial charge < -0.3 is 15.0 Å². The fourth-order valence-corrected chi connectivity index (χ4v) is 4.28. The number of amides is 1. The van der Waals surface area contributed by atoms with Crippen LogP contribution in [-0.2, 0) is 16.1 Å². The van der Waals surface area contributed by atoms with Crippen molar-refractivity contribution in [3.63, 3.8) is 0 Å². The Hall–Kier alpha value is -2.39. The van der Waals surface area contributed by atoms with E-state index in [9.17, 15) is 9.59 Å². The van der Waals surface area contributed by atoms with Crippen molar-refractivity contribution < 1.29 is 14.3 Å². The van der Waals surface area contributed by atoms with Gasteiger partial charge in [-0.2, -0.15) is 0 Å². The Morgan fingerprint density at radius 3 is 2.38 bits per heavy atom. The molecule has 0 spiro atoms. The lowest BCUT2D eigenvalue weighted by molar-refractivity contribution is -0.116. The second-order valence-corrected chi connectivity index (χ2v) is 9.76. The van der Waals surface area contributed by atoms with E-state index in [-0.39, 0.29) is 17.4 Å². The zero-order valence-electron chi connectivity index (χ0n) is 19.3. The van der Waals surface area contributed by atoms with Crippen LogP contribution in [-0.4, -0.2) is 58.5 Å². The molecule has 8 nitrogen and oxygen atoms in total. The van der Waals surface area contributed by atoms with E-state index in [1.165, 1.54) is 11.8 Å². The summed E-state index contributed by atoms with van der Waals surface area (Å²) in [6, 6.07) is 7.06. The van der Waals surface area contributed by atoms with Crippen molar-refractivity contribution in [2.75, 3.05) is 42.3 Å². The number of Topliss-reactive ketones (excluding diaryl/α,β-unsaturated/α-hetero) is 1. The average Bonchev–Trinajstić information content (AvgIpc) is 3.14. The Morgan fingerprint density at radius 1 is 1.06 bits per heavy atom. The molecule has 1 aromatic heterocycles. The summed E-state index contributed by atoms with van der Waals surface area (Å²) in [6.45, 7) is 12.1. The fourth-order valence-electron chi connectivity index (χ4n) is 3.45. The van der Waals surface area contributed by atoms with Gasteiger partial charge in [0.05, 0.1) is 19.0 Å². The summed E-state index contributed by atoms with van der Waals surface area (Å²) in [5.74, 6) is 1.85. The van der Waals surface area contributed by atoms with Gasteiger partial charge in [-0.05, 0) is 36.1 Å². The van der Waals surface area contributed by atoms with Gasteiger partial charge in [-0.3, -0.25) is 14.2 Å². The number of benzene rings is 1. The van der Waals surface area contributed by atoms with Crippen LogP contribution in [0, 0.1) is 11.8 Å². The van der Waals surface area contributed by atoms with E-state index in [0.29, 0.717) is 42.7 Å². The van der Waals surface area contributed by atoms with Crippen molar-refractivity contribution in [3.05, 3.63) is 29.8 Å². The van der Waals surface area contributed by atoms with Gasteiger partial charge in [-0.25, -0.2) is 0 Å². The van der Waals surface area contributed by atoms with Crippen LogP contribution in [0.5, 0.6) is 0 Å². The third kappa shape index (κ3) is 6.80. The molecule has 1 amide bonds. The minimum atomic E-state index is -0.0183. The van der Waals surface area contributed by atoms with Crippen LogP contribution >= 0.6 is 11.8 Å². The van der Waals surface area contributed by atoms with Crippen molar-refractivity contribution in [1.82, 2.24) is 14.8 Å². The summed E-state index contributed by atoms with van der Waals surface area (Å²) in [5.41, 5.74) is 1.31. The zero-order chi connectivity index (χ0) is 23.1. The van der Waals surface area contributed by atoms with Crippen LogP contribution < -0.4 is 10.2 Å². The van der Waals surface area contributed by atoms with Gasteiger partial charge >= 0.3 is 0 Å². The van der Waals surface area contributed by atoms with E-state index in [0.717, 1.165) is 30.7 Å². The van der Waals surface area contributed by atoms with Crippen molar-refractivity contribution in [2.45, 2.75) is 45.8 Å². The molecule has 1 fully saturated rings. The lowest BCUT2D eigenvalue weighted by Crippen LogP contribution is -2.38. The Labute approximate surface area is 194 Å². The number of nitrogens with one attached hydrogen (secondary N) is 1. The maximum Gasteiger partial charge on any atom is 0.228 e. The van der Waals surface area contributed by atoms with E-state index < -0.39 is 0 Å². The zero-order valence-corrected chi connectivity index (χ0v) is 20.2. The molecular formula is C23H33N5O3S. The van der Waals surface area contributed by atoms with Crippen molar-refractivity contribution >= 4 is 35.1 Å². The Bertz CT molecular complexity index is 905. The number of carbonyl (C=O) groups is 2. The number of nitrogens with zero attached hydrogens (tertiary/aromatic N) is 4. The van der Waals surface area contributed by atoms with Gasteiger partial charge in [0.1, 0.15) is 0 Å². The molecule has 0 saturated carbocycles. The maximum absolute atomic E-state index is 12.7. The Morgan fingerprint density at radius 2 is 1.75 bits per heavy atom. The van der Waals surface area contributed by atoms with Gasteiger partial charge in [0, 0.05) is 37.3 Å². The molecule has 3 rings (SSSR count). The van der Waals surface area contributed by atoms with Crippen LogP contribution in [0.4, 0.5) is 11.6 Å². The SMILES string of the molecule is CC(C)CC(=O)Nc1ccc(C(=O)CSc2nnc(N3CCOCC3)n2CC(C)C)cc1. The molecule has 2 aromatic rings. The number of carbonyl (C=O) groups excluding carboxylic acids is 2. The molecule has 9 heteroatoms. The first-order valence-electron chi connectivity index (χ1n) is 11.1. The van der Waals surface area contributed by atoms with Crippen LogP contribution in [0.15, 0.2) is 29.4 Å². The lowest BCUT2D eigenvalue weighted by atomic mass is 10.1. The molecule has 0 atom stereocenters. The number of morpholine rings is 1. The summed E-state index contributed by atoms with van der Waals surface area (Å²) < 4.78 is 7.56. The second-order valence-electron chi connectivity index (χ2n) is 8.82. The predicted molar refractivity (Wildman–Crippen MR) is 127 cm³/mol. The van der Waals surface area contributed by atoms with Crippen LogP contribution in [0.3, 0.4) is 0 Å². The third-order valence-electron chi connectivity index (χ3n) is 4.96. The Kier molecular flexibility index (Phi) is 8.69. The molecule has 2 heterocycles. The van der Waals surface area contributed by atoms with E-state index in [1.807, 2.05) is 13.8 Å². The largest absolute Gasteiger partial charge is 0.378 e. The third-order valence-corrected chi connectivity index (χ3v) is 5.92. The number of rotatable bonds is 10. The molecule has 1 aliphatic heterocycles. The summed E-state index contributed by atoms with van der Waals surface area (Å²) in [5, 5.41) is 12.4. The minimum absolute atomic E-state index is 0.0158. The number of thioether (sulfide) groups is 1. The van der Waals surface area contributed by atoms with Crippen LogP contribution in [0.25, 0.3) is 0 Å². The van der Waals surface area contributed by atoms with E-state index in [1.54, 1.807) is 24.3 Å². The fraction of sp³-hybridized carbons (Fsp3) is 0.565. The molecule has 1 saturated heterocycles. The highest BCUT2D eigenvalue weighted by molar-refractivity contribution is 7.99. The highest BCUT2D eigenvalue weighted by Gasteiger charge is 2.22. The molecule has 1 N–H and O–H groups in total. The number of anilines is 2. The highest BCUT2D eigenvalue weighted by atomic mass is 32.2. The molecule has 0 aliphatic carbocycles. The molecule has 1 aromatic carbocycles. The van der Waals surface area contributed by atoms with Crippen molar-refractivity contribution in [3.8, 4) is 0 Å². The first-order chi connectivity index (χ1) is 15.3. The van der Waals surface area contributed by atoms with Gasteiger partial charge in [0.2, 0.25) is 11.9 Å². The molecular weight excluding hydrogens is 426 g/mol. The van der Waals surface area contributed by atoms with Crippen molar-refractivity contribution in [1.29, 1.82) is 0 Å². The van der Waals surface area contributed by atoms with Crippen LogP contribution in [0.2, 0.25) is 0 Å². The van der Waals surface area contributed by atoms with E-state index in [2.05, 4.69) is 38.8 Å². The monoisotopic (exact) mass is 459 g/mol. The average molecular weight is 460 g/mol. The molecule has 0 radical (unpaired) electrons. The van der Waals surface area contributed by atoms with Gasteiger partial charge in [0.15, 0.2) is 10.9 Å². The standard InChI is InChI=1S/C23H33N5O3S/c1-16(2)13-21(30)24-19-7-5-18(6-8-19)20(29)15-32-23-26-25-22(28(23)14-17(3)4)27-9-11-31-12-10-27/h5-8,16-17H,9-15H2,1-4H3,(H,24,30). The lowest BCUT2D eigenvalue weighted by Gasteiger charge is -2.28. The van der Waals surface area contributed by atoms with Gasteiger partial charge in [-0.15, -0.1) is 10.2 Å². The summed E-state index contributed by atoms with van der Waals surface area (Å²) in [7, 11) is 0. The summed E-state index contributed by atoms with van der Waals surface area (Å²) in [4.78, 5) is 26.9. The number of ether oxygens (including phenoxy) is 1. The smallest absolute Gasteiger partial charge is 0.228 e. The molecule has 0 bridgehead atoms. The van der Waals surface area contributed by atoms with Gasteiger partial charge in [-0.1, -0.05) is 39.5 Å². The Balaban J connectivity index is 1.62. The summed E-state index contributed by atoms with van der Waals surface area (Å²) in [6.07, 6.45) is 0.473. The topological polar surface area (TPSA) is 89.3 Å².